The lowest BCUT2D eigenvalue weighted by molar-refractivity contribution is -0.159. The number of hydrogen-bond acceptors (Lipinski definition) is 5. The van der Waals surface area contributed by atoms with E-state index in [0.29, 0.717) is 32.6 Å². The van der Waals surface area contributed by atoms with E-state index in [1.165, 1.54) is 4.90 Å². The number of alkyl carbamates (subject to hydrolysis) is 1. The summed E-state index contributed by atoms with van der Waals surface area (Å²) in [5, 5.41) is 12.6. The van der Waals surface area contributed by atoms with Gasteiger partial charge in [-0.2, -0.15) is 0 Å². The molecule has 2 fully saturated rings. The van der Waals surface area contributed by atoms with E-state index in [1.807, 2.05) is 36.4 Å². The van der Waals surface area contributed by atoms with Gasteiger partial charge in [0.1, 0.15) is 17.7 Å². The first-order valence-electron chi connectivity index (χ1n) is 12.1. The van der Waals surface area contributed by atoms with Gasteiger partial charge in [-0.1, -0.05) is 48.5 Å². The molecule has 3 aliphatic rings. The van der Waals surface area contributed by atoms with Crippen LogP contribution in [-0.2, 0) is 19.1 Å². The number of aliphatic carboxylic acids is 1. The van der Waals surface area contributed by atoms with E-state index < -0.39 is 23.1 Å². The van der Waals surface area contributed by atoms with E-state index in [9.17, 15) is 19.5 Å². The second kappa shape index (κ2) is 9.00. The summed E-state index contributed by atoms with van der Waals surface area (Å²) in [4.78, 5) is 40.1. The minimum Gasteiger partial charge on any atom is -0.480 e. The van der Waals surface area contributed by atoms with Crippen LogP contribution in [0.4, 0.5) is 4.79 Å². The zero-order valence-corrected chi connectivity index (χ0v) is 19.8. The fraction of sp³-hybridized carbons (Fsp3) is 0.444. The second-order valence-electron chi connectivity index (χ2n) is 9.78. The molecule has 184 valence electrons. The maximum atomic E-state index is 13.7. The van der Waals surface area contributed by atoms with Gasteiger partial charge in [0.2, 0.25) is 5.91 Å². The van der Waals surface area contributed by atoms with Gasteiger partial charge < -0.3 is 24.8 Å². The molecule has 1 aliphatic carbocycles. The average Bonchev–Trinajstić information content (AvgIpc) is 3.42. The van der Waals surface area contributed by atoms with E-state index >= 15 is 0 Å². The highest BCUT2D eigenvalue weighted by Gasteiger charge is 2.53. The normalized spacial score (nSPS) is 22.8. The Hall–Kier alpha value is -3.39. The van der Waals surface area contributed by atoms with Crippen LogP contribution in [0.2, 0.25) is 0 Å². The van der Waals surface area contributed by atoms with Gasteiger partial charge in [0.05, 0.1) is 0 Å². The van der Waals surface area contributed by atoms with Crippen LogP contribution in [0.1, 0.15) is 49.7 Å². The summed E-state index contributed by atoms with van der Waals surface area (Å²) >= 11 is 0. The van der Waals surface area contributed by atoms with Gasteiger partial charge in [-0.3, -0.25) is 4.79 Å². The minimum atomic E-state index is -1.29. The third-order valence-corrected chi connectivity index (χ3v) is 7.79. The van der Waals surface area contributed by atoms with Crippen LogP contribution in [0.5, 0.6) is 0 Å². The molecular formula is C27H30N2O6. The summed E-state index contributed by atoms with van der Waals surface area (Å²) in [6.45, 7) is 2.65. The fourth-order valence-corrected chi connectivity index (χ4v) is 5.71. The number of hydrogen-bond donors (Lipinski definition) is 2. The molecule has 2 aromatic rings. The molecule has 2 aliphatic heterocycles. The summed E-state index contributed by atoms with van der Waals surface area (Å²) in [5.74, 6) is -1.51. The maximum absolute atomic E-state index is 13.7. The predicted octanol–water partition coefficient (Wildman–Crippen LogP) is 3.54. The van der Waals surface area contributed by atoms with Gasteiger partial charge in [-0.05, 0) is 42.0 Å². The molecule has 2 heterocycles. The molecule has 35 heavy (non-hydrogen) atoms. The lowest BCUT2D eigenvalue weighted by Gasteiger charge is -2.42. The molecular weight excluding hydrogens is 448 g/mol. The minimum absolute atomic E-state index is 0.0941. The van der Waals surface area contributed by atoms with Crippen molar-refractivity contribution in [2.45, 2.75) is 49.6 Å². The molecule has 0 spiro atoms. The Balaban J connectivity index is 1.33. The van der Waals surface area contributed by atoms with E-state index in [-0.39, 0.29) is 31.3 Å². The van der Waals surface area contributed by atoms with Crippen LogP contribution in [0.15, 0.2) is 48.5 Å². The quantitative estimate of drug-likeness (QED) is 0.681. The molecule has 2 N–H and O–H groups in total. The zero-order chi connectivity index (χ0) is 24.6. The van der Waals surface area contributed by atoms with E-state index in [0.717, 1.165) is 22.3 Å². The number of carbonyl (C=O) groups excluding carboxylic acids is 2. The van der Waals surface area contributed by atoms with Gasteiger partial charge >= 0.3 is 12.1 Å². The summed E-state index contributed by atoms with van der Waals surface area (Å²) < 4.78 is 11.2. The molecule has 2 amide bonds. The van der Waals surface area contributed by atoms with Crippen molar-refractivity contribution in [3.8, 4) is 11.1 Å². The van der Waals surface area contributed by atoms with Crippen LogP contribution in [0.3, 0.4) is 0 Å². The van der Waals surface area contributed by atoms with Crippen LogP contribution >= 0.6 is 0 Å². The number of fused-ring (bicyclic) bond motifs is 3. The third kappa shape index (κ3) is 3.95. The molecule has 8 heteroatoms. The summed E-state index contributed by atoms with van der Waals surface area (Å²) in [5.41, 5.74) is 1.94. The fourth-order valence-electron chi connectivity index (χ4n) is 5.71. The van der Waals surface area contributed by atoms with Crippen LogP contribution in [-0.4, -0.2) is 65.4 Å². The number of nitrogens with one attached hydrogen (secondary N) is 1. The van der Waals surface area contributed by atoms with Gasteiger partial charge in [0, 0.05) is 38.5 Å². The second-order valence-corrected chi connectivity index (χ2v) is 9.78. The van der Waals surface area contributed by atoms with E-state index in [4.69, 9.17) is 9.47 Å². The van der Waals surface area contributed by atoms with Gasteiger partial charge in [0.15, 0.2) is 0 Å². The lowest BCUT2D eigenvalue weighted by atomic mass is 9.86. The SMILES string of the molecule is C[C@]1(C(=O)O)CCCN1C(=O)C1(NC(=O)OCC2c3ccccc3-c3ccccc32)CCOCC1. The van der Waals surface area contributed by atoms with Crippen LogP contribution in [0.25, 0.3) is 11.1 Å². The number of carbonyl (C=O) groups is 3. The van der Waals surface area contributed by atoms with Gasteiger partial charge in [-0.25, -0.2) is 9.59 Å². The highest BCUT2D eigenvalue weighted by atomic mass is 16.5. The van der Waals surface area contributed by atoms with Crippen molar-refractivity contribution in [2.24, 2.45) is 0 Å². The molecule has 2 saturated heterocycles. The van der Waals surface area contributed by atoms with Gasteiger partial charge in [-0.15, -0.1) is 0 Å². The number of likely N-dealkylation sites (tertiary alicyclic amines) is 1. The summed E-state index contributed by atoms with van der Waals surface area (Å²) in [6.07, 6.45) is 0.834. The van der Waals surface area contributed by atoms with Crippen molar-refractivity contribution in [3.63, 3.8) is 0 Å². The number of rotatable bonds is 5. The molecule has 5 rings (SSSR count). The van der Waals surface area contributed by atoms with Crippen molar-refractivity contribution in [2.75, 3.05) is 26.4 Å². The Morgan fingerprint density at radius 2 is 1.63 bits per heavy atom. The highest BCUT2D eigenvalue weighted by molar-refractivity contribution is 5.94. The largest absolute Gasteiger partial charge is 0.480 e. The Bertz CT molecular complexity index is 1110. The standard InChI is InChI=1S/C27H30N2O6/c1-26(24(31)32)11-6-14-29(26)23(30)27(12-15-34-16-13-27)28-25(33)35-17-22-20-9-4-2-7-18(20)19-8-3-5-10-21(19)22/h2-5,7-10,22H,6,11-17H2,1H3,(H,28,33)(H,31,32)/t26-/m1/s1. The number of benzene rings is 2. The smallest absolute Gasteiger partial charge is 0.408 e. The first-order chi connectivity index (χ1) is 16.9. The molecule has 8 nitrogen and oxygen atoms in total. The Labute approximate surface area is 204 Å². The van der Waals surface area contributed by atoms with E-state index in [2.05, 4.69) is 17.4 Å². The average molecular weight is 479 g/mol. The Kier molecular flexibility index (Phi) is 6.01. The number of amides is 2. The number of carboxylic acids is 1. The number of ether oxygens (including phenoxy) is 2. The predicted molar refractivity (Wildman–Crippen MR) is 128 cm³/mol. The maximum Gasteiger partial charge on any atom is 0.408 e. The number of nitrogens with zero attached hydrogens (tertiary/aromatic N) is 1. The molecule has 1 atom stereocenters. The highest BCUT2D eigenvalue weighted by Crippen LogP contribution is 2.44. The van der Waals surface area contributed by atoms with Crippen LogP contribution in [0, 0.1) is 0 Å². The zero-order valence-electron chi connectivity index (χ0n) is 19.8. The van der Waals surface area contributed by atoms with Crippen molar-refractivity contribution >= 4 is 18.0 Å². The van der Waals surface area contributed by atoms with Crippen molar-refractivity contribution in [1.82, 2.24) is 10.2 Å². The molecule has 2 aromatic carbocycles. The van der Waals surface area contributed by atoms with Crippen molar-refractivity contribution < 1.29 is 29.0 Å². The van der Waals surface area contributed by atoms with Crippen molar-refractivity contribution in [3.05, 3.63) is 59.7 Å². The van der Waals surface area contributed by atoms with Crippen LogP contribution < -0.4 is 5.32 Å². The molecule has 0 radical (unpaired) electrons. The molecule has 0 saturated carbocycles. The Morgan fingerprint density at radius 3 is 2.23 bits per heavy atom. The lowest BCUT2D eigenvalue weighted by Crippen LogP contribution is -2.65. The first kappa shape index (κ1) is 23.4. The molecule has 0 bridgehead atoms. The first-order valence-corrected chi connectivity index (χ1v) is 12.1. The Morgan fingerprint density at radius 1 is 1.03 bits per heavy atom. The molecule has 0 aromatic heterocycles. The third-order valence-electron chi connectivity index (χ3n) is 7.79. The van der Waals surface area contributed by atoms with E-state index in [1.54, 1.807) is 6.92 Å². The summed E-state index contributed by atoms with van der Waals surface area (Å²) in [7, 11) is 0. The number of carboxylic acid groups (broad SMARTS) is 1. The molecule has 0 unspecified atom stereocenters. The van der Waals surface area contributed by atoms with Gasteiger partial charge in [0.25, 0.3) is 0 Å². The topological polar surface area (TPSA) is 105 Å². The van der Waals surface area contributed by atoms with Crippen molar-refractivity contribution in [1.29, 1.82) is 0 Å². The monoisotopic (exact) mass is 478 g/mol. The summed E-state index contributed by atoms with van der Waals surface area (Å²) in [6, 6.07) is 16.2.